The van der Waals surface area contributed by atoms with Gasteiger partial charge in [-0.25, -0.2) is 13.4 Å². The van der Waals surface area contributed by atoms with Crippen LogP contribution in [0.25, 0.3) is 0 Å². The van der Waals surface area contributed by atoms with Gasteiger partial charge < -0.3 is 9.88 Å². The lowest BCUT2D eigenvalue weighted by atomic mass is 10.1. The Labute approximate surface area is 130 Å². The van der Waals surface area contributed by atoms with Gasteiger partial charge in [0, 0.05) is 31.7 Å². The van der Waals surface area contributed by atoms with E-state index in [0.717, 1.165) is 17.4 Å². The lowest BCUT2D eigenvalue weighted by Crippen LogP contribution is -2.37. The van der Waals surface area contributed by atoms with E-state index in [2.05, 4.69) is 10.3 Å². The van der Waals surface area contributed by atoms with Crippen LogP contribution >= 0.6 is 0 Å². The summed E-state index contributed by atoms with van der Waals surface area (Å²) in [6.07, 6.45) is 6.35. The number of benzene rings is 1. The molecule has 2 rings (SSSR count). The highest BCUT2D eigenvalue weighted by Crippen LogP contribution is 2.11. The van der Waals surface area contributed by atoms with Gasteiger partial charge in [-0.1, -0.05) is 24.3 Å². The smallest absolute Gasteiger partial charge is 0.238 e. The van der Waals surface area contributed by atoms with Gasteiger partial charge in [-0.05, 0) is 18.1 Å². The van der Waals surface area contributed by atoms with Gasteiger partial charge in [-0.2, -0.15) is 0 Å². The summed E-state index contributed by atoms with van der Waals surface area (Å²) >= 11 is 0. The molecule has 0 saturated carbocycles. The third-order valence-corrected chi connectivity index (χ3v) is 4.99. The summed E-state index contributed by atoms with van der Waals surface area (Å²) in [7, 11) is -3.38. The average molecular weight is 321 g/mol. The Balaban J connectivity index is 2.06. The van der Waals surface area contributed by atoms with E-state index in [9.17, 15) is 13.2 Å². The average Bonchev–Trinajstić information content (AvgIpc) is 2.97. The van der Waals surface area contributed by atoms with Gasteiger partial charge >= 0.3 is 0 Å². The van der Waals surface area contributed by atoms with Crippen molar-refractivity contribution in [2.24, 2.45) is 0 Å². The fraction of sp³-hybridized carbons (Fsp3) is 0.333. The zero-order valence-corrected chi connectivity index (χ0v) is 13.4. The Bertz CT molecular complexity index is 739. The molecule has 0 fully saturated rings. The quantitative estimate of drug-likeness (QED) is 0.860. The molecule has 1 amide bonds. The largest absolute Gasteiger partial charge is 0.351 e. The highest BCUT2D eigenvalue weighted by atomic mass is 32.2. The third-order valence-electron chi connectivity index (χ3n) is 3.50. The van der Waals surface area contributed by atoms with E-state index in [4.69, 9.17) is 0 Å². The first-order valence-corrected chi connectivity index (χ1v) is 8.82. The van der Waals surface area contributed by atoms with E-state index in [1.807, 2.05) is 35.0 Å². The van der Waals surface area contributed by atoms with Crippen LogP contribution in [-0.4, -0.2) is 35.4 Å². The molecule has 1 N–H and O–H groups in total. The number of aromatic nitrogens is 2. The fourth-order valence-electron chi connectivity index (χ4n) is 1.98. The molecular formula is C15H19N3O3S. The molecule has 118 valence electrons. The van der Waals surface area contributed by atoms with Crippen molar-refractivity contribution >= 4 is 15.7 Å². The van der Waals surface area contributed by atoms with Gasteiger partial charge in [0.1, 0.15) is 5.25 Å². The van der Waals surface area contributed by atoms with Crippen LogP contribution in [0.1, 0.15) is 18.1 Å². The predicted molar refractivity (Wildman–Crippen MR) is 83.9 cm³/mol. The minimum absolute atomic E-state index is 0.295. The van der Waals surface area contributed by atoms with Crippen LogP contribution in [0.5, 0.6) is 0 Å². The number of amides is 1. The molecule has 0 aliphatic rings. The Morgan fingerprint density at radius 2 is 2.00 bits per heavy atom. The first-order chi connectivity index (χ1) is 10.4. The molecule has 22 heavy (non-hydrogen) atoms. The number of carbonyl (C=O) groups is 1. The van der Waals surface area contributed by atoms with Crippen molar-refractivity contribution in [1.82, 2.24) is 14.9 Å². The first-order valence-electron chi connectivity index (χ1n) is 6.87. The second-order valence-electron chi connectivity index (χ2n) is 5.19. The van der Waals surface area contributed by atoms with Crippen molar-refractivity contribution in [1.29, 1.82) is 0 Å². The number of hydrogen-bond donors (Lipinski definition) is 1. The lowest BCUT2D eigenvalue weighted by Gasteiger charge is -2.13. The van der Waals surface area contributed by atoms with E-state index in [0.29, 0.717) is 13.1 Å². The number of nitrogens with one attached hydrogen (secondary N) is 1. The molecule has 0 aliphatic heterocycles. The molecule has 1 unspecified atom stereocenters. The Morgan fingerprint density at radius 3 is 2.59 bits per heavy atom. The molecule has 1 aromatic carbocycles. The zero-order valence-electron chi connectivity index (χ0n) is 12.6. The number of carbonyl (C=O) groups excluding carboxylic acids is 1. The van der Waals surface area contributed by atoms with Gasteiger partial charge in [0.15, 0.2) is 9.84 Å². The van der Waals surface area contributed by atoms with Crippen LogP contribution in [-0.2, 0) is 27.7 Å². The Kier molecular flexibility index (Phi) is 4.97. The summed E-state index contributed by atoms with van der Waals surface area (Å²) in [5.41, 5.74) is 2.00. The molecule has 1 heterocycles. The summed E-state index contributed by atoms with van der Waals surface area (Å²) in [5, 5.41) is 1.63. The number of sulfone groups is 1. The van der Waals surface area contributed by atoms with Gasteiger partial charge in [-0.3, -0.25) is 4.79 Å². The summed E-state index contributed by atoms with van der Waals surface area (Å²) in [6, 6.07) is 7.70. The first kappa shape index (κ1) is 16.2. The van der Waals surface area contributed by atoms with E-state index >= 15 is 0 Å². The van der Waals surface area contributed by atoms with Crippen molar-refractivity contribution in [2.45, 2.75) is 25.3 Å². The van der Waals surface area contributed by atoms with Crippen LogP contribution < -0.4 is 5.32 Å². The van der Waals surface area contributed by atoms with E-state index < -0.39 is 21.0 Å². The maximum Gasteiger partial charge on any atom is 0.238 e. The highest BCUT2D eigenvalue weighted by molar-refractivity contribution is 7.92. The van der Waals surface area contributed by atoms with Gasteiger partial charge in [-0.15, -0.1) is 0 Å². The van der Waals surface area contributed by atoms with Gasteiger partial charge in [0.25, 0.3) is 0 Å². The van der Waals surface area contributed by atoms with Crippen LogP contribution in [0.3, 0.4) is 0 Å². The topological polar surface area (TPSA) is 81.1 Å². The van der Waals surface area contributed by atoms with E-state index in [-0.39, 0.29) is 0 Å². The minimum Gasteiger partial charge on any atom is -0.351 e. The molecule has 0 bridgehead atoms. The van der Waals surface area contributed by atoms with Crippen molar-refractivity contribution in [3.05, 3.63) is 54.1 Å². The van der Waals surface area contributed by atoms with Crippen LogP contribution in [0.15, 0.2) is 43.0 Å². The summed E-state index contributed by atoms with van der Waals surface area (Å²) < 4.78 is 24.7. The van der Waals surface area contributed by atoms with Crippen LogP contribution in [0.4, 0.5) is 0 Å². The highest BCUT2D eigenvalue weighted by Gasteiger charge is 2.23. The summed E-state index contributed by atoms with van der Waals surface area (Å²) in [5.74, 6) is -0.486. The fourth-order valence-corrected chi connectivity index (χ4v) is 2.45. The van der Waals surface area contributed by atoms with Crippen LogP contribution in [0.2, 0.25) is 0 Å². The molecule has 1 aromatic heterocycles. The SMILES string of the molecule is CC(C(=O)NCc1ccccc1Cn1ccnc1)S(C)(=O)=O. The molecular weight excluding hydrogens is 302 g/mol. The standard InChI is InChI=1S/C15H19N3O3S/c1-12(22(2,20)21)15(19)17-9-13-5-3-4-6-14(13)10-18-8-7-16-11-18/h3-8,11-12H,9-10H2,1-2H3,(H,17,19). The predicted octanol–water partition coefficient (Wildman–Crippen LogP) is 0.981. The molecule has 0 radical (unpaired) electrons. The molecule has 0 aliphatic carbocycles. The van der Waals surface area contributed by atoms with Crippen molar-refractivity contribution < 1.29 is 13.2 Å². The molecule has 0 saturated heterocycles. The molecule has 2 aromatic rings. The molecule has 0 spiro atoms. The number of rotatable bonds is 6. The summed E-state index contributed by atoms with van der Waals surface area (Å²) in [6.45, 7) is 2.33. The summed E-state index contributed by atoms with van der Waals surface area (Å²) in [4.78, 5) is 15.9. The molecule has 7 heteroatoms. The van der Waals surface area contributed by atoms with E-state index in [1.165, 1.54) is 6.92 Å². The second-order valence-corrected chi connectivity index (χ2v) is 7.56. The maximum atomic E-state index is 11.9. The lowest BCUT2D eigenvalue weighted by molar-refractivity contribution is -0.120. The van der Waals surface area contributed by atoms with Crippen molar-refractivity contribution in [3.8, 4) is 0 Å². The Morgan fingerprint density at radius 1 is 1.32 bits per heavy atom. The minimum atomic E-state index is -3.38. The number of nitrogens with zero attached hydrogens (tertiary/aromatic N) is 2. The molecule has 1 atom stereocenters. The second kappa shape index (κ2) is 6.74. The van der Waals surface area contributed by atoms with Crippen LogP contribution in [0, 0.1) is 0 Å². The van der Waals surface area contributed by atoms with E-state index in [1.54, 1.807) is 12.5 Å². The number of hydrogen-bond acceptors (Lipinski definition) is 4. The third kappa shape index (κ3) is 4.17. The maximum absolute atomic E-state index is 11.9. The number of imidazole rings is 1. The molecule has 6 nitrogen and oxygen atoms in total. The van der Waals surface area contributed by atoms with Crippen molar-refractivity contribution in [3.63, 3.8) is 0 Å². The monoisotopic (exact) mass is 321 g/mol. The van der Waals surface area contributed by atoms with Gasteiger partial charge in [0.2, 0.25) is 5.91 Å². The Hall–Kier alpha value is -2.15. The van der Waals surface area contributed by atoms with Gasteiger partial charge in [0.05, 0.1) is 6.33 Å². The van der Waals surface area contributed by atoms with Crippen molar-refractivity contribution in [2.75, 3.05) is 6.26 Å². The zero-order chi connectivity index (χ0) is 16.2. The normalized spacial score (nSPS) is 12.8.